The van der Waals surface area contributed by atoms with E-state index in [1.165, 1.54) is 12.1 Å². The lowest BCUT2D eigenvalue weighted by molar-refractivity contribution is -0.0328. The number of hydrogen-bond donors (Lipinski definition) is 1. The number of thioether (sulfide) groups is 1. The predicted octanol–water partition coefficient (Wildman–Crippen LogP) is 3.84. The fourth-order valence-electron chi connectivity index (χ4n) is 2.87. The number of rotatable bonds is 4. The Kier molecular flexibility index (Phi) is 5.43. The Morgan fingerprint density at radius 1 is 1.21 bits per heavy atom. The summed E-state index contributed by atoms with van der Waals surface area (Å²) in [4.78, 5) is 6.73. The lowest BCUT2D eigenvalue weighted by Crippen LogP contribution is -2.45. The number of benzene rings is 1. The van der Waals surface area contributed by atoms with Gasteiger partial charge in [-0.2, -0.15) is 13.2 Å². The van der Waals surface area contributed by atoms with Crippen molar-refractivity contribution in [2.75, 3.05) is 19.6 Å². The maximum atomic E-state index is 12.4. The average Bonchev–Trinajstić information content (AvgIpc) is 2.57. The highest BCUT2D eigenvalue weighted by Gasteiger charge is 2.29. The van der Waals surface area contributed by atoms with Crippen molar-refractivity contribution in [1.82, 2.24) is 15.2 Å². The molecule has 2 heterocycles. The van der Waals surface area contributed by atoms with Gasteiger partial charge < -0.3 is 5.32 Å². The van der Waals surface area contributed by atoms with Crippen LogP contribution in [0.1, 0.15) is 17.2 Å². The molecule has 0 amide bonds. The lowest BCUT2D eigenvalue weighted by Gasteiger charge is -2.36. The van der Waals surface area contributed by atoms with Crippen molar-refractivity contribution in [3.05, 3.63) is 59.9 Å². The van der Waals surface area contributed by atoms with Crippen LogP contribution in [0.3, 0.4) is 0 Å². The van der Waals surface area contributed by atoms with Crippen molar-refractivity contribution < 1.29 is 13.2 Å². The van der Waals surface area contributed by atoms with Gasteiger partial charge in [0.25, 0.3) is 0 Å². The summed E-state index contributed by atoms with van der Waals surface area (Å²) in [6, 6.07) is 10.8. The SMILES string of the molecule is FC(F)(F)Sc1ccc(CN2CCNCC2c2cccnc2)cc1. The molecule has 0 spiro atoms. The van der Waals surface area contributed by atoms with E-state index in [2.05, 4.69) is 21.3 Å². The summed E-state index contributed by atoms with van der Waals surface area (Å²) in [6.45, 7) is 3.34. The molecule has 2 aromatic rings. The third kappa shape index (κ3) is 4.72. The molecule has 24 heavy (non-hydrogen) atoms. The maximum Gasteiger partial charge on any atom is 0.446 e. The summed E-state index contributed by atoms with van der Waals surface area (Å²) in [7, 11) is 0. The molecule has 0 bridgehead atoms. The normalized spacial score (nSPS) is 19.4. The second-order valence-electron chi connectivity index (χ2n) is 5.67. The number of nitrogens with zero attached hydrogens (tertiary/aromatic N) is 2. The Balaban J connectivity index is 1.69. The molecule has 1 unspecified atom stereocenters. The van der Waals surface area contributed by atoms with Crippen molar-refractivity contribution >= 4 is 11.8 Å². The van der Waals surface area contributed by atoms with E-state index >= 15 is 0 Å². The summed E-state index contributed by atoms with van der Waals surface area (Å²) in [6.07, 6.45) is 3.62. The van der Waals surface area contributed by atoms with Gasteiger partial charge in [0, 0.05) is 49.5 Å². The molecule has 0 saturated carbocycles. The van der Waals surface area contributed by atoms with Gasteiger partial charge in [-0.15, -0.1) is 0 Å². The molecule has 3 nitrogen and oxygen atoms in total. The molecular formula is C17H18F3N3S. The molecule has 1 atom stereocenters. The molecule has 1 aromatic carbocycles. The molecule has 0 aliphatic carbocycles. The zero-order valence-corrected chi connectivity index (χ0v) is 13.8. The fourth-order valence-corrected chi connectivity index (χ4v) is 3.41. The van der Waals surface area contributed by atoms with E-state index in [0.29, 0.717) is 6.54 Å². The van der Waals surface area contributed by atoms with Crippen molar-refractivity contribution in [1.29, 1.82) is 0 Å². The van der Waals surface area contributed by atoms with Gasteiger partial charge in [-0.3, -0.25) is 9.88 Å². The molecule has 1 aliphatic rings. The standard InChI is InChI=1S/C17H18F3N3S/c18-17(19,20)24-15-5-3-13(4-6-15)12-23-9-8-22-11-16(23)14-2-1-7-21-10-14/h1-7,10,16,22H,8-9,11-12H2. The Labute approximate surface area is 143 Å². The number of piperazine rings is 1. The third-order valence-corrected chi connectivity index (χ3v) is 4.71. The minimum atomic E-state index is -4.24. The Morgan fingerprint density at radius 2 is 2.00 bits per heavy atom. The molecular weight excluding hydrogens is 335 g/mol. The van der Waals surface area contributed by atoms with E-state index in [4.69, 9.17) is 0 Å². The molecule has 1 fully saturated rings. The summed E-state index contributed by atoms with van der Waals surface area (Å²) in [5.41, 5.74) is -2.09. The van der Waals surface area contributed by atoms with Gasteiger partial charge in [-0.25, -0.2) is 0 Å². The van der Waals surface area contributed by atoms with Crippen LogP contribution in [0.5, 0.6) is 0 Å². The topological polar surface area (TPSA) is 28.2 Å². The first kappa shape index (κ1) is 17.3. The first-order valence-electron chi connectivity index (χ1n) is 7.71. The van der Waals surface area contributed by atoms with Crippen LogP contribution in [0.2, 0.25) is 0 Å². The smallest absolute Gasteiger partial charge is 0.314 e. The maximum absolute atomic E-state index is 12.4. The average molecular weight is 353 g/mol. The molecule has 1 aromatic heterocycles. The van der Waals surface area contributed by atoms with E-state index < -0.39 is 5.51 Å². The van der Waals surface area contributed by atoms with E-state index in [9.17, 15) is 13.2 Å². The van der Waals surface area contributed by atoms with Gasteiger partial charge >= 0.3 is 5.51 Å². The Hall–Kier alpha value is -1.57. The minimum absolute atomic E-state index is 0.0789. The number of alkyl halides is 3. The van der Waals surface area contributed by atoms with Gasteiger partial charge in [0.2, 0.25) is 0 Å². The van der Waals surface area contributed by atoms with Crippen LogP contribution in [0.25, 0.3) is 0 Å². The van der Waals surface area contributed by atoms with Crippen molar-refractivity contribution in [2.24, 2.45) is 0 Å². The monoisotopic (exact) mass is 353 g/mol. The van der Waals surface area contributed by atoms with E-state index in [-0.39, 0.29) is 22.7 Å². The molecule has 7 heteroatoms. The number of hydrogen-bond acceptors (Lipinski definition) is 4. The molecule has 3 rings (SSSR count). The summed E-state index contributed by atoms with van der Waals surface area (Å²) in [5.74, 6) is 0. The molecule has 0 radical (unpaired) electrons. The number of halogens is 3. The molecule has 1 aliphatic heterocycles. The molecule has 1 saturated heterocycles. The van der Waals surface area contributed by atoms with Crippen LogP contribution in [-0.2, 0) is 6.54 Å². The van der Waals surface area contributed by atoms with Crippen molar-refractivity contribution in [3.8, 4) is 0 Å². The highest BCUT2D eigenvalue weighted by molar-refractivity contribution is 8.00. The summed E-state index contributed by atoms with van der Waals surface area (Å²) in [5, 5.41) is 3.39. The van der Waals surface area contributed by atoms with Crippen LogP contribution in [0, 0.1) is 0 Å². The Morgan fingerprint density at radius 3 is 2.67 bits per heavy atom. The van der Waals surface area contributed by atoms with Crippen molar-refractivity contribution in [3.63, 3.8) is 0 Å². The second kappa shape index (κ2) is 7.55. The highest BCUT2D eigenvalue weighted by atomic mass is 32.2. The Bertz CT molecular complexity index is 646. The largest absolute Gasteiger partial charge is 0.446 e. The predicted molar refractivity (Wildman–Crippen MR) is 88.6 cm³/mol. The van der Waals surface area contributed by atoms with E-state index in [1.54, 1.807) is 18.3 Å². The van der Waals surface area contributed by atoms with Crippen LogP contribution in [0.4, 0.5) is 13.2 Å². The minimum Gasteiger partial charge on any atom is -0.314 e. The highest BCUT2D eigenvalue weighted by Crippen LogP contribution is 2.36. The molecule has 128 valence electrons. The second-order valence-corrected chi connectivity index (χ2v) is 6.81. The van der Waals surface area contributed by atoms with Crippen LogP contribution >= 0.6 is 11.8 Å². The quantitative estimate of drug-likeness (QED) is 0.846. The fraction of sp³-hybridized carbons (Fsp3) is 0.353. The van der Waals surface area contributed by atoms with Crippen LogP contribution in [0.15, 0.2) is 53.7 Å². The third-order valence-electron chi connectivity index (χ3n) is 3.97. The van der Waals surface area contributed by atoms with E-state index in [1.807, 2.05) is 12.3 Å². The summed E-state index contributed by atoms with van der Waals surface area (Å²) >= 11 is -0.0789. The summed E-state index contributed by atoms with van der Waals surface area (Å²) < 4.78 is 37.2. The van der Waals surface area contributed by atoms with E-state index in [0.717, 1.165) is 30.8 Å². The van der Waals surface area contributed by atoms with Gasteiger partial charge in [0.05, 0.1) is 0 Å². The van der Waals surface area contributed by atoms with Gasteiger partial charge in [-0.1, -0.05) is 18.2 Å². The van der Waals surface area contributed by atoms with Crippen LogP contribution in [-0.4, -0.2) is 35.0 Å². The first-order valence-corrected chi connectivity index (χ1v) is 8.52. The van der Waals surface area contributed by atoms with Gasteiger partial charge in [0.15, 0.2) is 0 Å². The number of aromatic nitrogens is 1. The van der Waals surface area contributed by atoms with Gasteiger partial charge in [-0.05, 0) is 41.1 Å². The zero-order valence-electron chi connectivity index (χ0n) is 13.0. The van der Waals surface area contributed by atoms with Crippen molar-refractivity contribution in [2.45, 2.75) is 23.0 Å². The lowest BCUT2D eigenvalue weighted by atomic mass is 10.0. The zero-order chi connectivity index (χ0) is 17.0. The number of nitrogens with one attached hydrogen (secondary N) is 1. The van der Waals surface area contributed by atoms with Gasteiger partial charge in [0.1, 0.15) is 0 Å². The molecule has 1 N–H and O–H groups in total. The number of pyridine rings is 1. The first-order chi connectivity index (χ1) is 11.5. The van der Waals surface area contributed by atoms with Crippen LogP contribution < -0.4 is 5.32 Å².